The summed E-state index contributed by atoms with van der Waals surface area (Å²) in [5, 5.41) is 0.527. The summed E-state index contributed by atoms with van der Waals surface area (Å²) in [7, 11) is 0. The van der Waals surface area contributed by atoms with Crippen molar-refractivity contribution < 1.29 is 9.59 Å². The van der Waals surface area contributed by atoms with Crippen molar-refractivity contribution >= 4 is 35.1 Å². The molecule has 2 fully saturated rings. The molecule has 0 bridgehead atoms. The lowest BCUT2D eigenvalue weighted by Crippen LogP contribution is -2.04. The molecule has 2 unspecified atom stereocenters. The fourth-order valence-corrected chi connectivity index (χ4v) is 4.53. The van der Waals surface area contributed by atoms with Crippen molar-refractivity contribution in [3.63, 3.8) is 0 Å². The minimum Gasteiger partial charge on any atom is -0.294 e. The standard InChI is InChI=1S/C10H12O2S2/c1-5-3-7(11)8(9(5)12)10-13-4-6(2)14-10/h5-6H,3-4H2,1-2H3/b10-8+. The van der Waals surface area contributed by atoms with E-state index in [1.807, 2.05) is 6.92 Å². The Morgan fingerprint density at radius 1 is 1.29 bits per heavy atom. The Kier molecular flexibility index (Phi) is 2.75. The van der Waals surface area contributed by atoms with Gasteiger partial charge in [-0.05, 0) is 0 Å². The highest BCUT2D eigenvalue weighted by Crippen LogP contribution is 2.45. The number of carbonyl (C=O) groups is 2. The molecule has 2 aliphatic rings. The summed E-state index contributed by atoms with van der Waals surface area (Å²) < 4.78 is 0.969. The Bertz CT molecular complexity index is 333. The first kappa shape index (κ1) is 10.3. The molecule has 1 aliphatic heterocycles. The van der Waals surface area contributed by atoms with E-state index in [0.717, 1.165) is 9.99 Å². The quantitative estimate of drug-likeness (QED) is 0.470. The summed E-state index contributed by atoms with van der Waals surface area (Å²) in [5.74, 6) is 1.02. The Hall–Kier alpha value is -0.220. The first-order valence-electron chi connectivity index (χ1n) is 4.70. The average molecular weight is 228 g/mol. The van der Waals surface area contributed by atoms with Gasteiger partial charge in [-0.25, -0.2) is 0 Å². The lowest BCUT2D eigenvalue weighted by molar-refractivity contribution is -0.117. The largest absolute Gasteiger partial charge is 0.294 e. The molecule has 0 amide bonds. The monoisotopic (exact) mass is 228 g/mol. The Morgan fingerprint density at radius 2 is 2.00 bits per heavy atom. The van der Waals surface area contributed by atoms with Gasteiger partial charge < -0.3 is 0 Å². The number of thioether (sulfide) groups is 2. The molecule has 0 radical (unpaired) electrons. The Balaban J connectivity index is 2.33. The van der Waals surface area contributed by atoms with Crippen LogP contribution in [-0.4, -0.2) is 22.6 Å². The van der Waals surface area contributed by atoms with Gasteiger partial charge in [-0.1, -0.05) is 13.8 Å². The third-order valence-corrected chi connectivity index (χ3v) is 5.40. The highest BCUT2D eigenvalue weighted by atomic mass is 32.2. The van der Waals surface area contributed by atoms with Crippen LogP contribution in [0.5, 0.6) is 0 Å². The van der Waals surface area contributed by atoms with E-state index in [9.17, 15) is 9.59 Å². The fraction of sp³-hybridized carbons (Fsp3) is 0.600. The van der Waals surface area contributed by atoms with Gasteiger partial charge in [-0.3, -0.25) is 9.59 Å². The molecule has 76 valence electrons. The van der Waals surface area contributed by atoms with Crippen LogP contribution in [0.2, 0.25) is 0 Å². The van der Waals surface area contributed by atoms with E-state index in [0.29, 0.717) is 17.2 Å². The second kappa shape index (κ2) is 3.74. The van der Waals surface area contributed by atoms with Crippen LogP contribution in [0.1, 0.15) is 20.3 Å². The van der Waals surface area contributed by atoms with Crippen LogP contribution < -0.4 is 0 Å². The number of carbonyl (C=O) groups excluding carboxylic acids is 2. The minimum atomic E-state index is -0.0953. The molecule has 1 aliphatic carbocycles. The molecule has 2 nitrogen and oxygen atoms in total. The zero-order valence-corrected chi connectivity index (χ0v) is 9.83. The molecule has 4 heteroatoms. The number of allylic oxidation sites excluding steroid dienone is 1. The summed E-state index contributed by atoms with van der Waals surface area (Å²) >= 11 is 3.33. The number of rotatable bonds is 0. The molecule has 0 spiro atoms. The highest BCUT2D eigenvalue weighted by Gasteiger charge is 2.37. The van der Waals surface area contributed by atoms with Crippen LogP contribution in [0.4, 0.5) is 0 Å². The van der Waals surface area contributed by atoms with Crippen molar-refractivity contribution in [1.82, 2.24) is 0 Å². The summed E-state index contributed by atoms with van der Waals surface area (Å²) in [6, 6.07) is 0. The van der Waals surface area contributed by atoms with Crippen LogP contribution in [0.25, 0.3) is 0 Å². The van der Waals surface area contributed by atoms with Crippen LogP contribution in [-0.2, 0) is 9.59 Å². The lowest BCUT2D eigenvalue weighted by atomic mass is 10.1. The molecule has 2 atom stereocenters. The number of hydrogen-bond acceptors (Lipinski definition) is 4. The molecule has 1 saturated carbocycles. The molecular formula is C10H12O2S2. The molecule has 1 heterocycles. The first-order chi connectivity index (χ1) is 6.59. The van der Waals surface area contributed by atoms with E-state index in [1.54, 1.807) is 23.5 Å². The lowest BCUT2D eigenvalue weighted by Gasteiger charge is -2.00. The van der Waals surface area contributed by atoms with E-state index in [2.05, 4.69) is 6.92 Å². The zero-order chi connectivity index (χ0) is 10.3. The molecular weight excluding hydrogens is 216 g/mol. The molecule has 0 aromatic carbocycles. The van der Waals surface area contributed by atoms with Gasteiger partial charge >= 0.3 is 0 Å². The smallest absolute Gasteiger partial charge is 0.171 e. The maximum Gasteiger partial charge on any atom is 0.171 e. The van der Waals surface area contributed by atoms with E-state index >= 15 is 0 Å². The third-order valence-electron chi connectivity index (χ3n) is 2.43. The van der Waals surface area contributed by atoms with Gasteiger partial charge in [0.15, 0.2) is 11.6 Å². The average Bonchev–Trinajstić information content (AvgIpc) is 2.60. The second-order valence-corrected chi connectivity index (χ2v) is 6.53. The molecule has 0 aromatic heterocycles. The molecule has 2 rings (SSSR count). The molecule has 1 saturated heterocycles. The predicted molar refractivity (Wildman–Crippen MR) is 60.3 cm³/mol. The summed E-state index contributed by atoms with van der Waals surface area (Å²) in [4.78, 5) is 23.3. The Labute approximate surface area is 91.9 Å². The number of hydrogen-bond donors (Lipinski definition) is 0. The maximum atomic E-state index is 11.7. The SMILES string of the molecule is CC1CS/C(=C2/C(=O)CC(C)C2=O)S1. The fourth-order valence-electron chi connectivity index (χ4n) is 1.65. The van der Waals surface area contributed by atoms with E-state index in [-0.39, 0.29) is 17.5 Å². The van der Waals surface area contributed by atoms with Crippen LogP contribution in [0.3, 0.4) is 0 Å². The Morgan fingerprint density at radius 3 is 2.43 bits per heavy atom. The van der Waals surface area contributed by atoms with E-state index in [4.69, 9.17) is 0 Å². The van der Waals surface area contributed by atoms with Gasteiger partial charge in [0.1, 0.15) is 0 Å². The van der Waals surface area contributed by atoms with Crippen molar-refractivity contribution in [2.75, 3.05) is 5.75 Å². The van der Waals surface area contributed by atoms with E-state index in [1.165, 1.54) is 0 Å². The van der Waals surface area contributed by atoms with Gasteiger partial charge in [0.25, 0.3) is 0 Å². The van der Waals surface area contributed by atoms with Gasteiger partial charge in [0.2, 0.25) is 0 Å². The van der Waals surface area contributed by atoms with Gasteiger partial charge in [-0.15, -0.1) is 23.5 Å². The molecule has 14 heavy (non-hydrogen) atoms. The maximum absolute atomic E-state index is 11.7. The normalized spacial score (nSPS) is 38.4. The van der Waals surface area contributed by atoms with Crippen LogP contribution in [0, 0.1) is 5.92 Å². The van der Waals surface area contributed by atoms with Crippen LogP contribution in [0.15, 0.2) is 9.81 Å². The first-order valence-corrected chi connectivity index (χ1v) is 6.57. The van der Waals surface area contributed by atoms with Gasteiger partial charge in [0, 0.05) is 23.3 Å². The topological polar surface area (TPSA) is 34.1 Å². The highest BCUT2D eigenvalue weighted by molar-refractivity contribution is 8.25. The molecule has 0 N–H and O–H groups in total. The van der Waals surface area contributed by atoms with Crippen molar-refractivity contribution in [2.24, 2.45) is 5.92 Å². The summed E-state index contributed by atoms with van der Waals surface area (Å²) in [6.45, 7) is 3.96. The summed E-state index contributed by atoms with van der Waals surface area (Å²) in [6.07, 6.45) is 0.410. The number of Topliss-reactive ketones (excluding diaryl/α,β-unsaturated/α-hetero) is 2. The van der Waals surface area contributed by atoms with Crippen molar-refractivity contribution in [2.45, 2.75) is 25.5 Å². The summed E-state index contributed by atoms with van der Waals surface area (Å²) in [5.41, 5.74) is 0.497. The van der Waals surface area contributed by atoms with Crippen molar-refractivity contribution in [1.29, 1.82) is 0 Å². The van der Waals surface area contributed by atoms with Crippen molar-refractivity contribution in [3.8, 4) is 0 Å². The van der Waals surface area contributed by atoms with Crippen molar-refractivity contribution in [3.05, 3.63) is 9.81 Å². The number of ketones is 2. The van der Waals surface area contributed by atoms with E-state index < -0.39 is 0 Å². The van der Waals surface area contributed by atoms with Gasteiger partial charge in [0.05, 0.1) is 9.81 Å². The minimum absolute atomic E-state index is 0.0478. The third kappa shape index (κ3) is 1.65. The van der Waals surface area contributed by atoms with Gasteiger partial charge in [-0.2, -0.15) is 0 Å². The molecule has 0 aromatic rings. The zero-order valence-electron chi connectivity index (χ0n) is 8.20. The van der Waals surface area contributed by atoms with Crippen LogP contribution >= 0.6 is 23.5 Å². The predicted octanol–water partition coefficient (Wildman–Crippen LogP) is 2.24. The second-order valence-electron chi connectivity index (χ2n) is 3.79.